The number of aromatic amines is 1. The molecule has 0 aliphatic heterocycles. The lowest BCUT2D eigenvalue weighted by molar-refractivity contribution is 1.41. The van der Waals surface area contributed by atoms with Crippen LogP contribution in [0, 0.1) is 18.3 Å². The lowest BCUT2D eigenvalue weighted by atomic mass is 10.1. The Balaban J connectivity index is 2.29. The Morgan fingerprint density at radius 3 is 2.53 bits per heavy atom. The molecule has 0 fully saturated rings. The summed E-state index contributed by atoms with van der Waals surface area (Å²) in [7, 11) is 0. The Hall–Kier alpha value is -2.24. The molecule has 0 saturated carbocycles. The normalized spacial score (nSPS) is 10.6. The molecule has 0 amide bonds. The molecule has 3 rings (SSSR count). The number of H-pyrrole nitrogens is 1. The summed E-state index contributed by atoms with van der Waals surface area (Å²) in [5.41, 5.74) is 4.62. The van der Waals surface area contributed by atoms with Crippen LogP contribution in [0.1, 0.15) is 11.1 Å². The molecule has 0 bridgehead atoms. The van der Waals surface area contributed by atoms with Crippen LogP contribution in [-0.2, 0) is 0 Å². The monoisotopic (exact) mass is 266 g/mol. The van der Waals surface area contributed by atoms with Crippen molar-refractivity contribution in [2.75, 3.05) is 0 Å². The van der Waals surface area contributed by atoms with E-state index in [1.807, 2.05) is 49.4 Å². The number of aromatic nitrogens is 1. The van der Waals surface area contributed by atoms with Gasteiger partial charge in [0.05, 0.1) is 11.3 Å². The summed E-state index contributed by atoms with van der Waals surface area (Å²) in [6.45, 7) is 2.04. The third-order valence-corrected chi connectivity index (χ3v) is 3.45. The van der Waals surface area contributed by atoms with E-state index in [4.69, 9.17) is 11.6 Å². The number of benzene rings is 2. The van der Waals surface area contributed by atoms with Crippen LogP contribution in [0.15, 0.2) is 42.5 Å². The molecule has 1 heterocycles. The molecule has 92 valence electrons. The number of hydrogen-bond acceptors (Lipinski definition) is 1. The van der Waals surface area contributed by atoms with Gasteiger partial charge in [-0.2, -0.15) is 5.26 Å². The highest BCUT2D eigenvalue weighted by Crippen LogP contribution is 2.31. The fourth-order valence-corrected chi connectivity index (χ4v) is 2.39. The molecule has 0 spiro atoms. The molecule has 2 nitrogen and oxygen atoms in total. The Kier molecular flexibility index (Phi) is 2.77. The number of fused-ring (bicyclic) bond motifs is 1. The summed E-state index contributed by atoms with van der Waals surface area (Å²) in [6, 6.07) is 15.9. The minimum absolute atomic E-state index is 0.637. The standard InChI is InChI=1S/C16H11ClN2/c1-10-2-4-11(5-3-10)16-14(9-18)13-8-12(17)6-7-15(13)19-16/h2-8,19H,1H3. The van der Waals surface area contributed by atoms with Crippen molar-refractivity contribution in [1.82, 2.24) is 4.98 Å². The van der Waals surface area contributed by atoms with Crippen LogP contribution < -0.4 is 0 Å². The van der Waals surface area contributed by atoms with Crippen LogP contribution in [0.25, 0.3) is 22.2 Å². The molecule has 1 N–H and O–H groups in total. The molecule has 3 aromatic rings. The molecule has 0 aliphatic carbocycles. The van der Waals surface area contributed by atoms with E-state index >= 15 is 0 Å². The minimum Gasteiger partial charge on any atom is -0.353 e. The first-order chi connectivity index (χ1) is 9.19. The van der Waals surface area contributed by atoms with Gasteiger partial charge in [-0.25, -0.2) is 0 Å². The first-order valence-corrected chi connectivity index (χ1v) is 6.35. The van der Waals surface area contributed by atoms with Crippen molar-refractivity contribution in [2.24, 2.45) is 0 Å². The van der Waals surface area contributed by atoms with Crippen LogP contribution >= 0.6 is 11.6 Å². The molecular formula is C16H11ClN2. The summed E-state index contributed by atoms with van der Waals surface area (Å²) in [5.74, 6) is 0. The van der Waals surface area contributed by atoms with Gasteiger partial charge >= 0.3 is 0 Å². The van der Waals surface area contributed by atoms with Crippen molar-refractivity contribution in [3.63, 3.8) is 0 Å². The molecule has 0 radical (unpaired) electrons. The average Bonchev–Trinajstić information content (AvgIpc) is 2.77. The van der Waals surface area contributed by atoms with E-state index < -0.39 is 0 Å². The highest BCUT2D eigenvalue weighted by Gasteiger charge is 2.12. The summed E-state index contributed by atoms with van der Waals surface area (Å²) in [4.78, 5) is 3.30. The van der Waals surface area contributed by atoms with Crippen molar-refractivity contribution in [1.29, 1.82) is 5.26 Å². The van der Waals surface area contributed by atoms with Gasteiger partial charge in [-0.15, -0.1) is 0 Å². The Labute approximate surface area is 116 Å². The zero-order valence-corrected chi connectivity index (χ0v) is 11.1. The van der Waals surface area contributed by atoms with Gasteiger partial charge in [0.2, 0.25) is 0 Å². The van der Waals surface area contributed by atoms with E-state index in [0.717, 1.165) is 22.2 Å². The number of hydrogen-bond donors (Lipinski definition) is 1. The molecule has 0 saturated heterocycles. The second-order valence-corrected chi connectivity index (χ2v) is 4.98. The maximum absolute atomic E-state index is 9.40. The lowest BCUT2D eigenvalue weighted by Crippen LogP contribution is -1.81. The maximum Gasteiger partial charge on any atom is 0.102 e. The number of nitrogens with one attached hydrogen (secondary N) is 1. The van der Waals surface area contributed by atoms with E-state index in [1.165, 1.54) is 5.56 Å². The minimum atomic E-state index is 0.637. The van der Waals surface area contributed by atoms with E-state index in [0.29, 0.717) is 10.6 Å². The van der Waals surface area contributed by atoms with Crippen molar-refractivity contribution in [2.45, 2.75) is 6.92 Å². The van der Waals surface area contributed by atoms with Gasteiger partial charge in [0.25, 0.3) is 0 Å². The predicted octanol–water partition coefficient (Wildman–Crippen LogP) is 4.67. The third-order valence-electron chi connectivity index (χ3n) is 3.21. The van der Waals surface area contributed by atoms with Gasteiger partial charge in [0.15, 0.2) is 0 Å². The molecule has 0 unspecified atom stereocenters. The van der Waals surface area contributed by atoms with Crippen LogP contribution in [0.4, 0.5) is 0 Å². The zero-order chi connectivity index (χ0) is 13.4. The molecule has 1 aromatic heterocycles. The molecule has 0 atom stereocenters. The summed E-state index contributed by atoms with van der Waals surface area (Å²) in [5, 5.41) is 10.9. The van der Waals surface area contributed by atoms with Gasteiger partial charge in [-0.05, 0) is 30.7 Å². The quantitative estimate of drug-likeness (QED) is 0.683. The lowest BCUT2D eigenvalue weighted by Gasteiger charge is -1.99. The molecule has 2 aromatic carbocycles. The number of halogens is 1. The van der Waals surface area contributed by atoms with Crippen LogP contribution in [-0.4, -0.2) is 4.98 Å². The van der Waals surface area contributed by atoms with Crippen LogP contribution in [0.3, 0.4) is 0 Å². The van der Waals surface area contributed by atoms with E-state index in [2.05, 4.69) is 11.1 Å². The van der Waals surface area contributed by atoms with Gasteiger partial charge < -0.3 is 4.98 Å². The second kappa shape index (κ2) is 4.46. The first kappa shape index (κ1) is 11.8. The number of rotatable bonds is 1. The van der Waals surface area contributed by atoms with E-state index in [-0.39, 0.29) is 0 Å². The van der Waals surface area contributed by atoms with Crippen molar-refractivity contribution >= 4 is 22.5 Å². The highest BCUT2D eigenvalue weighted by atomic mass is 35.5. The molecule has 0 aliphatic rings. The fourth-order valence-electron chi connectivity index (χ4n) is 2.22. The molecule has 3 heteroatoms. The van der Waals surface area contributed by atoms with E-state index in [1.54, 1.807) is 0 Å². The van der Waals surface area contributed by atoms with Crippen molar-refractivity contribution < 1.29 is 0 Å². The number of nitrogens with zero attached hydrogens (tertiary/aromatic N) is 1. The zero-order valence-electron chi connectivity index (χ0n) is 10.4. The summed E-state index contributed by atoms with van der Waals surface area (Å²) in [6.07, 6.45) is 0. The Morgan fingerprint density at radius 1 is 1.11 bits per heavy atom. The van der Waals surface area contributed by atoms with Gasteiger partial charge in [0.1, 0.15) is 6.07 Å². The first-order valence-electron chi connectivity index (χ1n) is 5.97. The second-order valence-electron chi connectivity index (χ2n) is 4.54. The van der Waals surface area contributed by atoms with Crippen LogP contribution in [0.5, 0.6) is 0 Å². The van der Waals surface area contributed by atoms with Crippen LogP contribution in [0.2, 0.25) is 5.02 Å². The highest BCUT2D eigenvalue weighted by molar-refractivity contribution is 6.31. The molecule has 19 heavy (non-hydrogen) atoms. The van der Waals surface area contributed by atoms with Gasteiger partial charge in [-0.3, -0.25) is 0 Å². The average molecular weight is 267 g/mol. The fraction of sp³-hybridized carbons (Fsp3) is 0.0625. The topological polar surface area (TPSA) is 39.6 Å². The van der Waals surface area contributed by atoms with Gasteiger partial charge in [0, 0.05) is 15.9 Å². The number of aryl methyl sites for hydroxylation is 1. The SMILES string of the molecule is Cc1ccc(-c2[nH]c3ccc(Cl)cc3c2C#N)cc1. The largest absolute Gasteiger partial charge is 0.353 e. The maximum atomic E-state index is 9.40. The smallest absolute Gasteiger partial charge is 0.102 e. The molecular weight excluding hydrogens is 256 g/mol. The predicted molar refractivity (Wildman–Crippen MR) is 78.2 cm³/mol. The summed E-state index contributed by atoms with van der Waals surface area (Å²) < 4.78 is 0. The van der Waals surface area contributed by atoms with Crippen molar-refractivity contribution in [3.8, 4) is 17.3 Å². The summed E-state index contributed by atoms with van der Waals surface area (Å²) >= 11 is 6.00. The third kappa shape index (κ3) is 1.99. The van der Waals surface area contributed by atoms with E-state index in [9.17, 15) is 5.26 Å². The number of nitriles is 1. The van der Waals surface area contributed by atoms with Gasteiger partial charge in [-0.1, -0.05) is 41.4 Å². The Morgan fingerprint density at radius 2 is 1.84 bits per heavy atom. The van der Waals surface area contributed by atoms with Crippen molar-refractivity contribution in [3.05, 3.63) is 58.6 Å². The Bertz CT molecular complexity index is 792.